The minimum Gasteiger partial charge on any atom is -0.384 e. The first-order valence-electron chi connectivity index (χ1n) is 11.5. The number of nitriles is 1. The summed E-state index contributed by atoms with van der Waals surface area (Å²) >= 11 is 11.9. The summed E-state index contributed by atoms with van der Waals surface area (Å²) in [6.45, 7) is 0. The molecule has 1 aliphatic heterocycles. The summed E-state index contributed by atoms with van der Waals surface area (Å²) in [4.78, 5) is 31.3. The Kier molecular flexibility index (Phi) is 7.80. The van der Waals surface area contributed by atoms with E-state index in [1.54, 1.807) is 17.0 Å². The number of ketones is 1. The highest BCUT2D eigenvalue weighted by Gasteiger charge is 2.41. The smallest absolute Gasteiger partial charge is 0.234 e. The lowest BCUT2D eigenvalue weighted by Crippen LogP contribution is -2.38. The van der Waals surface area contributed by atoms with Crippen molar-refractivity contribution in [3.8, 4) is 6.07 Å². The standard InChI is InChI=1S/C25H19BrClN7O2S2/c26-14-8-6-13(7-9-14)20-15(11-28)23(29)34(17-4-1-5-18(35)21(17)20)24-32-33-25(38-24)37-12-19(36)31-16-3-2-10-30-22(16)27/h2-3,6-10,20H,1,4-5,12,29H2,(H,31,36). The van der Waals surface area contributed by atoms with Crippen LogP contribution in [0.25, 0.3) is 0 Å². The summed E-state index contributed by atoms with van der Waals surface area (Å²) in [5.41, 5.74) is 9.43. The van der Waals surface area contributed by atoms with Crippen LogP contribution in [0.4, 0.5) is 10.8 Å². The Morgan fingerprint density at radius 1 is 1.29 bits per heavy atom. The van der Waals surface area contributed by atoms with Crippen LogP contribution in [0.3, 0.4) is 0 Å². The van der Waals surface area contributed by atoms with Gasteiger partial charge in [0.1, 0.15) is 5.82 Å². The summed E-state index contributed by atoms with van der Waals surface area (Å²) in [5, 5.41) is 22.0. The molecule has 0 saturated heterocycles. The van der Waals surface area contributed by atoms with Crippen LogP contribution in [0, 0.1) is 11.3 Å². The van der Waals surface area contributed by atoms with Crippen LogP contribution in [0.1, 0.15) is 30.7 Å². The zero-order valence-corrected chi connectivity index (χ0v) is 23.6. The molecule has 3 N–H and O–H groups in total. The van der Waals surface area contributed by atoms with Crippen molar-refractivity contribution >= 4 is 73.1 Å². The number of aromatic nitrogens is 3. The van der Waals surface area contributed by atoms with Crippen molar-refractivity contribution in [1.29, 1.82) is 5.26 Å². The predicted octanol–water partition coefficient (Wildman–Crippen LogP) is 5.38. The van der Waals surface area contributed by atoms with Crippen LogP contribution in [-0.2, 0) is 9.59 Å². The number of rotatable bonds is 6. The van der Waals surface area contributed by atoms with Crippen molar-refractivity contribution in [3.63, 3.8) is 0 Å². The van der Waals surface area contributed by atoms with Crippen LogP contribution < -0.4 is 16.0 Å². The number of allylic oxidation sites excluding steroid dienone is 3. The summed E-state index contributed by atoms with van der Waals surface area (Å²) in [5.74, 6) is -0.519. The first-order chi connectivity index (χ1) is 18.4. The summed E-state index contributed by atoms with van der Waals surface area (Å²) in [6, 6.07) is 13.1. The van der Waals surface area contributed by atoms with Gasteiger partial charge in [-0.3, -0.25) is 14.5 Å². The average Bonchev–Trinajstić information content (AvgIpc) is 3.37. The van der Waals surface area contributed by atoms with Crippen molar-refractivity contribution in [1.82, 2.24) is 15.2 Å². The lowest BCUT2D eigenvalue weighted by atomic mass is 9.76. The van der Waals surface area contributed by atoms with Crippen molar-refractivity contribution in [3.05, 3.63) is 80.4 Å². The fourth-order valence-electron chi connectivity index (χ4n) is 4.44. The van der Waals surface area contributed by atoms with E-state index in [9.17, 15) is 14.9 Å². The number of nitrogens with two attached hydrogens (primary N) is 1. The number of pyridine rings is 1. The van der Waals surface area contributed by atoms with Crippen LogP contribution in [0.2, 0.25) is 5.15 Å². The second-order valence-electron chi connectivity index (χ2n) is 8.40. The fourth-order valence-corrected chi connectivity index (χ4v) is 6.55. The average molecular weight is 629 g/mol. The second kappa shape index (κ2) is 11.2. The van der Waals surface area contributed by atoms with Crippen LogP contribution >= 0.6 is 50.6 Å². The number of halogens is 2. The molecule has 0 radical (unpaired) electrons. The molecule has 1 aliphatic carbocycles. The fraction of sp³-hybridized carbons (Fsp3) is 0.200. The van der Waals surface area contributed by atoms with Gasteiger partial charge in [0.25, 0.3) is 0 Å². The van der Waals surface area contributed by atoms with Gasteiger partial charge in [-0.1, -0.05) is 62.8 Å². The number of amides is 1. The van der Waals surface area contributed by atoms with Gasteiger partial charge in [0.15, 0.2) is 15.3 Å². The maximum atomic E-state index is 13.2. The highest BCUT2D eigenvalue weighted by atomic mass is 79.9. The molecule has 0 saturated carbocycles. The van der Waals surface area contributed by atoms with E-state index in [2.05, 4.69) is 42.5 Å². The number of hydrogen-bond donors (Lipinski definition) is 2. The number of hydrogen-bond acceptors (Lipinski definition) is 10. The number of nitrogens with zero attached hydrogens (tertiary/aromatic N) is 5. The van der Waals surface area contributed by atoms with E-state index >= 15 is 0 Å². The summed E-state index contributed by atoms with van der Waals surface area (Å²) in [7, 11) is 0. The Balaban J connectivity index is 1.42. The van der Waals surface area contributed by atoms with Crippen molar-refractivity contribution in [2.45, 2.75) is 29.5 Å². The van der Waals surface area contributed by atoms with E-state index in [1.165, 1.54) is 29.3 Å². The summed E-state index contributed by atoms with van der Waals surface area (Å²) in [6.07, 6.45) is 3.24. The van der Waals surface area contributed by atoms with Gasteiger partial charge in [-0.25, -0.2) is 4.98 Å². The Labute approximate surface area is 239 Å². The normalized spacial score (nSPS) is 17.3. The molecule has 1 unspecified atom stereocenters. The largest absolute Gasteiger partial charge is 0.384 e. The number of Topliss-reactive ketones (excluding diaryl/α,β-unsaturated/α-hetero) is 1. The van der Waals surface area contributed by atoms with Gasteiger partial charge in [-0.15, -0.1) is 10.2 Å². The third kappa shape index (κ3) is 5.19. The van der Waals surface area contributed by atoms with Crippen LogP contribution in [-0.4, -0.2) is 32.6 Å². The third-order valence-corrected chi connectivity index (χ3v) is 8.94. The first kappa shape index (κ1) is 26.4. The lowest BCUT2D eigenvalue weighted by molar-refractivity contribution is -0.116. The zero-order valence-electron chi connectivity index (χ0n) is 19.6. The van der Waals surface area contributed by atoms with Gasteiger partial charge in [0.05, 0.1) is 29.0 Å². The molecule has 13 heteroatoms. The predicted molar refractivity (Wildman–Crippen MR) is 151 cm³/mol. The first-order valence-corrected chi connectivity index (χ1v) is 14.4. The highest BCUT2D eigenvalue weighted by Crippen LogP contribution is 2.47. The quantitative estimate of drug-likeness (QED) is 0.272. The number of nitrogens with one attached hydrogen (secondary N) is 1. The number of anilines is 2. The molecule has 2 aliphatic rings. The van der Waals surface area contributed by atoms with Gasteiger partial charge in [0.2, 0.25) is 11.0 Å². The Morgan fingerprint density at radius 3 is 2.82 bits per heavy atom. The topological polar surface area (TPSA) is 138 Å². The van der Waals surface area contributed by atoms with E-state index in [0.29, 0.717) is 45.6 Å². The molecule has 5 rings (SSSR count). The number of thioether (sulfide) groups is 1. The number of carbonyl (C=O) groups is 2. The van der Waals surface area contributed by atoms with E-state index in [0.717, 1.165) is 15.7 Å². The number of benzene rings is 1. The second-order valence-corrected chi connectivity index (χ2v) is 11.8. The van der Waals surface area contributed by atoms with Gasteiger partial charge in [0, 0.05) is 28.4 Å². The number of carbonyl (C=O) groups excluding carboxylic acids is 2. The highest BCUT2D eigenvalue weighted by molar-refractivity contribution is 9.10. The van der Waals surface area contributed by atoms with E-state index in [-0.39, 0.29) is 28.4 Å². The Bertz CT molecular complexity index is 1530. The molecule has 3 aromatic rings. The molecular weight excluding hydrogens is 610 g/mol. The van der Waals surface area contributed by atoms with Crippen LogP contribution in [0.15, 0.2) is 74.1 Å². The molecule has 3 heterocycles. The Hall–Kier alpha value is -3.24. The van der Waals surface area contributed by atoms with Crippen molar-refractivity contribution < 1.29 is 9.59 Å². The molecule has 1 aromatic carbocycles. The van der Waals surface area contributed by atoms with Crippen molar-refractivity contribution in [2.24, 2.45) is 5.73 Å². The molecule has 1 atom stereocenters. The molecular formula is C25H19BrClN7O2S2. The Morgan fingerprint density at radius 2 is 2.08 bits per heavy atom. The SMILES string of the molecule is N#CC1=C(N)N(c2nnc(SCC(=O)Nc3cccnc3Cl)s2)C2=C(C(=O)CCC2)C1c1ccc(Br)cc1. The molecule has 38 heavy (non-hydrogen) atoms. The van der Waals surface area contributed by atoms with E-state index in [1.807, 2.05) is 24.3 Å². The van der Waals surface area contributed by atoms with Gasteiger partial charge >= 0.3 is 0 Å². The minimum atomic E-state index is -0.545. The molecule has 2 aromatic heterocycles. The molecule has 9 nitrogen and oxygen atoms in total. The van der Waals surface area contributed by atoms with Crippen LogP contribution in [0.5, 0.6) is 0 Å². The van der Waals surface area contributed by atoms with E-state index in [4.69, 9.17) is 17.3 Å². The summed E-state index contributed by atoms with van der Waals surface area (Å²) < 4.78 is 1.44. The van der Waals surface area contributed by atoms with Gasteiger partial charge < -0.3 is 11.1 Å². The zero-order chi connectivity index (χ0) is 26.8. The van der Waals surface area contributed by atoms with Crippen molar-refractivity contribution in [2.75, 3.05) is 16.0 Å². The monoisotopic (exact) mass is 627 g/mol. The third-order valence-electron chi connectivity index (χ3n) is 6.06. The maximum absolute atomic E-state index is 13.2. The lowest BCUT2D eigenvalue weighted by Gasteiger charge is -2.38. The van der Waals surface area contributed by atoms with Gasteiger partial charge in [-0.05, 0) is 42.7 Å². The molecule has 0 spiro atoms. The maximum Gasteiger partial charge on any atom is 0.234 e. The molecule has 0 bridgehead atoms. The molecule has 0 fully saturated rings. The minimum absolute atomic E-state index is 0.00531. The van der Waals surface area contributed by atoms with E-state index < -0.39 is 5.92 Å². The van der Waals surface area contributed by atoms with Gasteiger partial charge in [-0.2, -0.15) is 5.26 Å². The molecule has 192 valence electrons. The molecule has 1 amide bonds.